The Bertz CT molecular complexity index is 169. The summed E-state index contributed by atoms with van der Waals surface area (Å²) in [5.74, 6) is 0. The summed E-state index contributed by atoms with van der Waals surface area (Å²) >= 11 is 0. The maximum Gasteiger partial charge on any atom is 0.501 e. The molecular weight excluding hydrogens is 224 g/mol. The lowest BCUT2D eigenvalue weighted by Crippen LogP contribution is -2.45. The molecule has 0 aliphatic heterocycles. The highest BCUT2D eigenvalue weighted by atomic mass is 28.4. The van der Waals surface area contributed by atoms with Crippen molar-refractivity contribution >= 4 is 8.80 Å². The Labute approximate surface area is 101 Å². The van der Waals surface area contributed by atoms with Crippen molar-refractivity contribution in [3.8, 4) is 0 Å². The molecule has 0 fully saturated rings. The van der Waals surface area contributed by atoms with E-state index < -0.39 is 8.80 Å². The Morgan fingerprint density at radius 3 is 1.69 bits per heavy atom. The topological polar surface area (TPSA) is 34.2 Å². The summed E-state index contributed by atoms with van der Waals surface area (Å²) in [6.07, 6.45) is 0. The van der Waals surface area contributed by atoms with Crippen LogP contribution in [0, 0.1) is 0 Å². The number of hydrogen-bond donors (Lipinski definition) is 0. The molecule has 5 nitrogen and oxygen atoms in total. The largest absolute Gasteiger partial charge is 0.501 e. The van der Waals surface area contributed by atoms with Crippen molar-refractivity contribution in [2.45, 2.75) is 6.04 Å². The van der Waals surface area contributed by atoms with Gasteiger partial charge in [-0.1, -0.05) is 0 Å². The summed E-state index contributed by atoms with van der Waals surface area (Å²) in [4.78, 5) is 4.43. The highest BCUT2D eigenvalue weighted by Crippen LogP contribution is 2.12. The van der Waals surface area contributed by atoms with Crippen LogP contribution in [0.25, 0.3) is 0 Å². The quantitative estimate of drug-likeness (QED) is 0.552. The van der Waals surface area contributed by atoms with Crippen molar-refractivity contribution in [1.29, 1.82) is 0 Å². The number of rotatable bonds is 9. The second kappa shape index (κ2) is 8.16. The normalized spacial score (nSPS) is 12.8. The van der Waals surface area contributed by atoms with E-state index in [-0.39, 0.29) is 0 Å². The van der Waals surface area contributed by atoms with Gasteiger partial charge >= 0.3 is 8.80 Å². The molecular formula is C10H26N2O3Si. The summed E-state index contributed by atoms with van der Waals surface area (Å²) in [5, 5.41) is 0. The molecule has 0 saturated heterocycles. The van der Waals surface area contributed by atoms with Crippen molar-refractivity contribution in [3.63, 3.8) is 0 Å². The minimum Gasteiger partial charge on any atom is -0.377 e. The summed E-state index contributed by atoms with van der Waals surface area (Å²) in [6, 6.07) is 0.820. The van der Waals surface area contributed by atoms with E-state index in [0.29, 0.717) is 0 Å². The Morgan fingerprint density at radius 2 is 1.31 bits per heavy atom. The first-order chi connectivity index (χ1) is 7.49. The zero-order valence-corrected chi connectivity index (χ0v) is 12.4. The lowest BCUT2D eigenvalue weighted by Gasteiger charge is -2.27. The second-order valence-electron chi connectivity index (χ2n) is 4.15. The average molecular weight is 250 g/mol. The average Bonchev–Trinajstić information content (AvgIpc) is 2.29. The molecule has 0 aromatic carbocycles. The van der Waals surface area contributed by atoms with E-state index in [2.05, 4.69) is 30.9 Å². The van der Waals surface area contributed by atoms with E-state index in [9.17, 15) is 0 Å². The fraction of sp³-hybridized carbons (Fsp3) is 1.00. The van der Waals surface area contributed by atoms with E-state index in [1.165, 1.54) is 0 Å². The molecule has 0 spiro atoms. The highest BCUT2D eigenvalue weighted by molar-refractivity contribution is 6.60. The smallest absolute Gasteiger partial charge is 0.377 e. The lowest BCUT2D eigenvalue weighted by atomic mass is 10.5. The van der Waals surface area contributed by atoms with Gasteiger partial charge in [-0.05, 0) is 21.1 Å². The van der Waals surface area contributed by atoms with Gasteiger partial charge in [0.2, 0.25) is 0 Å². The van der Waals surface area contributed by atoms with E-state index >= 15 is 0 Å². The Hall–Kier alpha value is 0.0169. The van der Waals surface area contributed by atoms with Gasteiger partial charge in [-0.25, -0.2) is 0 Å². The van der Waals surface area contributed by atoms with Crippen LogP contribution in [0.4, 0.5) is 0 Å². The van der Waals surface area contributed by atoms with Gasteiger partial charge in [0.25, 0.3) is 0 Å². The monoisotopic (exact) mass is 250 g/mol. The summed E-state index contributed by atoms with van der Waals surface area (Å²) in [7, 11) is 8.82. The molecule has 0 saturated carbocycles. The lowest BCUT2D eigenvalue weighted by molar-refractivity contribution is 0.119. The SMILES string of the molecule is CO[Si](CCN(C)CCN(C)C)(OC)OC. The van der Waals surface area contributed by atoms with E-state index in [1.54, 1.807) is 21.3 Å². The minimum atomic E-state index is -2.39. The van der Waals surface area contributed by atoms with Crippen LogP contribution in [0.15, 0.2) is 0 Å². The van der Waals surface area contributed by atoms with Crippen LogP contribution in [-0.2, 0) is 13.3 Å². The third kappa shape index (κ3) is 5.93. The number of hydrogen-bond acceptors (Lipinski definition) is 5. The minimum absolute atomic E-state index is 0.820. The molecule has 0 N–H and O–H groups in total. The van der Waals surface area contributed by atoms with Crippen LogP contribution >= 0.6 is 0 Å². The molecule has 16 heavy (non-hydrogen) atoms. The van der Waals surface area contributed by atoms with Crippen LogP contribution in [0.2, 0.25) is 6.04 Å². The van der Waals surface area contributed by atoms with Gasteiger partial charge in [0.05, 0.1) is 0 Å². The van der Waals surface area contributed by atoms with Crippen LogP contribution in [0.3, 0.4) is 0 Å². The fourth-order valence-corrected chi connectivity index (χ4v) is 3.13. The first-order valence-electron chi connectivity index (χ1n) is 5.48. The van der Waals surface area contributed by atoms with Gasteiger partial charge in [0, 0.05) is 47.0 Å². The molecule has 6 heteroatoms. The molecule has 0 amide bonds. The summed E-state index contributed by atoms with van der Waals surface area (Å²) in [5.41, 5.74) is 0. The molecule has 0 rings (SSSR count). The first kappa shape index (κ1) is 16.0. The van der Waals surface area contributed by atoms with Crippen molar-refractivity contribution in [1.82, 2.24) is 9.80 Å². The third-order valence-electron chi connectivity index (χ3n) is 2.66. The number of nitrogens with zero attached hydrogens (tertiary/aromatic N) is 2. The van der Waals surface area contributed by atoms with Gasteiger partial charge in [0.1, 0.15) is 0 Å². The van der Waals surface area contributed by atoms with Gasteiger partial charge < -0.3 is 23.1 Å². The van der Waals surface area contributed by atoms with Gasteiger partial charge in [-0.15, -0.1) is 0 Å². The molecule has 0 aliphatic carbocycles. The van der Waals surface area contributed by atoms with Crippen LogP contribution in [-0.4, -0.2) is 80.7 Å². The Balaban J connectivity index is 3.91. The summed E-state index contributed by atoms with van der Waals surface area (Å²) < 4.78 is 16.1. The zero-order valence-electron chi connectivity index (χ0n) is 11.4. The van der Waals surface area contributed by atoms with Crippen molar-refractivity contribution in [3.05, 3.63) is 0 Å². The first-order valence-corrected chi connectivity index (χ1v) is 7.41. The second-order valence-corrected chi connectivity index (χ2v) is 7.24. The molecule has 0 unspecified atom stereocenters. The van der Waals surface area contributed by atoms with Gasteiger partial charge in [0.15, 0.2) is 0 Å². The maximum atomic E-state index is 5.37. The highest BCUT2D eigenvalue weighted by Gasteiger charge is 2.37. The van der Waals surface area contributed by atoms with Crippen molar-refractivity contribution < 1.29 is 13.3 Å². The molecule has 0 bridgehead atoms. The molecule has 0 aromatic heterocycles. The van der Waals surface area contributed by atoms with Crippen LogP contribution in [0.1, 0.15) is 0 Å². The molecule has 0 aliphatic rings. The molecule has 0 aromatic rings. The standard InChI is InChI=1S/C10H26N2O3Si/c1-11(2)7-8-12(3)9-10-16(13-4,14-5)15-6/h7-10H2,1-6H3. The summed E-state index contributed by atoms with van der Waals surface area (Å²) in [6.45, 7) is 3.02. The van der Waals surface area contributed by atoms with E-state index in [4.69, 9.17) is 13.3 Å². The molecule has 0 heterocycles. The predicted molar refractivity (Wildman–Crippen MR) is 67.6 cm³/mol. The Kier molecular flexibility index (Phi) is 8.17. The van der Waals surface area contributed by atoms with Crippen molar-refractivity contribution in [2.75, 3.05) is 62.1 Å². The van der Waals surface area contributed by atoms with Gasteiger partial charge in [-0.2, -0.15) is 0 Å². The maximum absolute atomic E-state index is 5.37. The zero-order chi connectivity index (χ0) is 12.6. The number of likely N-dealkylation sites (N-methyl/N-ethyl adjacent to an activating group) is 2. The van der Waals surface area contributed by atoms with Crippen LogP contribution < -0.4 is 0 Å². The van der Waals surface area contributed by atoms with E-state index in [0.717, 1.165) is 25.7 Å². The molecule has 0 atom stereocenters. The fourth-order valence-electron chi connectivity index (χ4n) is 1.37. The molecule has 0 radical (unpaired) electrons. The van der Waals surface area contributed by atoms with Gasteiger partial charge in [-0.3, -0.25) is 0 Å². The van der Waals surface area contributed by atoms with Crippen LogP contribution in [0.5, 0.6) is 0 Å². The Morgan fingerprint density at radius 1 is 0.812 bits per heavy atom. The predicted octanol–water partition coefficient (Wildman–Crippen LogP) is 0.358. The molecule has 98 valence electrons. The van der Waals surface area contributed by atoms with Crippen molar-refractivity contribution in [2.24, 2.45) is 0 Å². The van der Waals surface area contributed by atoms with E-state index in [1.807, 2.05) is 0 Å². The third-order valence-corrected chi connectivity index (χ3v) is 5.36.